The minimum atomic E-state index is -0.596. The van der Waals surface area contributed by atoms with Gasteiger partial charge in [-0.05, 0) is 6.42 Å². The lowest BCUT2D eigenvalue weighted by molar-refractivity contribution is -0.139. The molecule has 0 atom stereocenters. The van der Waals surface area contributed by atoms with Crippen LogP contribution in [-0.2, 0) is 9.59 Å². The number of nitrogens with one attached hydrogen (secondary N) is 2. The number of carbonyl (C=O) groups is 2. The van der Waals surface area contributed by atoms with Crippen LogP contribution in [0.2, 0.25) is 0 Å². The van der Waals surface area contributed by atoms with E-state index in [4.69, 9.17) is 5.73 Å². The molecular weight excluding hydrogens is 218 g/mol. The first-order chi connectivity index (χ1) is 8.22. The van der Waals surface area contributed by atoms with Crippen LogP contribution in [0.25, 0.3) is 0 Å². The van der Waals surface area contributed by atoms with Crippen molar-refractivity contribution in [1.29, 1.82) is 0 Å². The molecule has 0 radical (unpaired) electrons. The van der Waals surface area contributed by atoms with Crippen molar-refractivity contribution >= 4 is 11.8 Å². The summed E-state index contributed by atoms with van der Waals surface area (Å²) in [5.74, 6) is -1.16. The summed E-state index contributed by atoms with van der Waals surface area (Å²) in [6, 6.07) is 0. The van der Waals surface area contributed by atoms with Gasteiger partial charge in [-0.3, -0.25) is 9.59 Å². The largest absolute Gasteiger partial charge is 0.348 e. The standard InChI is InChI=1S/C12H25N3O2/c1-2-3-4-5-6-7-9-14-11(16)12(17)15-10-8-13/h2-10,13H2,1H3,(H,14,16)(H,15,17). The molecule has 0 aliphatic carbocycles. The smallest absolute Gasteiger partial charge is 0.309 e. The molecule has 2 amide bonds. The third-order valence-electron chi connectivity index (χ3n) is 2.45. The molecule has 5 nitrogen and oxygen atoms in total. The third-order valence-corrected chi connectivity index (χ3v) is 2.45. The number of carbonyl (C=O) groups excluding carboxylic acids is 2. The molecule has 17 heavy (non-hydrogen) atoms. The molecule has 0 saturated heterocycles. The summed E-state index contributed by atoms with van der Waals surface area (Å²) in [5.41, 5.74) is 5.21. The predicted molar refractivity (Wildman–Crippen MR) is 68.4 cm³/mol. The van der Waals surface area contributed by atoms with Gasteiger partial charge in [0.25, 0.3) is 0 Å². The summed E-state index contributed by atoms with van der Waals surface area (Å²) in [4.78, 5) is 22.3. The number of rotatable bonds is 9. The highest BCUT2D eigenvalue weighted by Crippen LogP contribution is 2.03. The molecule has 5 heteroatoms. The highest BCUT2D eigenvalue weighted by atomic mass is 16.2. The summed E-state index contributed by atoms with van der Waals surface area (Å²) in [5, 5.41) is 5.02. The molecule has 0 aromatic carbocycles. The molecule has 0 aliphatic rings. The quantitative estimate of drug-likeness (QED) is 0.408. The van der Waals surface area contributed by atoms with E-state index in [1.54, 1.807) is 0 Å². The topological polar surface area (TPSA) is 84.2 Å². The van der Waals surface area contributed by atoms with Crippen molar-refractivity contribution in [2.45, 2.75) is 45.4 Å². The molecule has 0 bridgehead atoms. The number of hydrogen-bond donors (Lipinski definition) is 3. The van der Waals surface area contributed by atoms with Crippen molar-refractivity contribution in [1.82, 2.24) is 10.6 Å². The Hall–Kier alpha value is -1.10. The fourth-order valence-electron chi connectivity index (χ4n) is 1.45. The van der Waals surface area contributed by atoms with E-state index in [2.05, 4.69) is 17.6 Å². The molecule has 0 saturated carbocycles. The van der Waals surface area contributed by atoms with Gasteiger partial charge >= 0.3 is 11.8 Å². The summed E-state index contributed by atoms with van der Waals surface area (Å²) < 4.78 is 0. The van der Waals surface area contributed by atoms with Gasteiger partial charge in [0.1, 0.15) is 0 Å². The molecule has 100 valence electrons. The van der Waals surface area contributed by atoms with Gasteiger partial charge in [-0.25, -0.2) is 0 Å². The zero-order valence-corrected chi connectivity index (χ0v) is 10.8. The van der Waals surface area contributed by atoms with Crippen LogP contribution in [0, 0.1) is 0 Å². The van der Waals surface area contributed by atoms with Crippen LogP contribution in [0.4, 0.5) is 0 Å². The Morgan fingerprint density at radius 2 is 1.41 bits per heavy atom. The molecule has 0 heterocycles. The van der Waals surface area contributed by atoms with Crippen LogP contribution in [0.1, 0.15) is 45.4 Å². The van der Waals surface area contributed by atoms with E-state index in [1.807, 2.05) is 0 Å². The summed E-state index contributed by atoms with van der Waals surface area (Å²) >= 11 is 0. The van der Waals surface area contributed by atoms with Gasteiger partial charge in [-0.2, -0.15) is 0 Å². The first-order valence-corrected chi connectivity index (χ1v) is 6.48. The van der Waals surface area contributed by atoms with Gasteiger partial charge in [0, 0.05) is 19.6 Å². The first kappa shape index (κ1) is 15.9. The molecule has 0 aromatic rings. The lowest BCUT2D eigenvalue weighted by atomic mass is 10.1. The Balaban J connectivity index is 3.35. The second-order valence-corrected chi connectivity index (χ2v) is 4.07. The zero-order chi connectivity index (χ0) is 12.9. The van der Waals surface area contributed by atoms with E-state index in [1.165, 1.54) is 25.7 Å². The van der Waals surface area contributed by atoms with Crippen molar-refractivity contribution in [3.8, 4) is 0 Å². The van der Waals surface area contributed by atoms with Crippen LogP contribution in [0.15, 0.2) is 0 Å². The van der Waals surface area contributed by atoms with E-state index >= 15 is 0 Å². The highest BCUT2D eigenvalue weighted by Gasteiger charge is 2.10. The first-order valence-electron chi connectivity index (χ1n) is 6.48. The van der Waals surface area contributed by atoms with Gasteiger partial charge < -0.3 is 16.4 Å². The van der Waals surface area contributed by atoms with Crippen molar-refractivity contribution in [3.05, 3.63) is 0 Å². The van der Waals surface area contributed by atoms with Crippen LogP contribution in [0.5, 0.6) is 0 Å². The summed E-state index contributed by atoms with van der Waals surface area (Å²) in [6.07, 6.45) is 6.99. The molecular formula is C12H25N3O2. The van der Waals surface area contributed by atoms with E-state index in [-0.39, 0.29) is 0 Å². The van der Waals surface area contributed by atoms with Crippen molar-refractivity contribution < 1.29 is 9.59 Å². The van der Waals surface area contributed by atoms with Gasteiger partial charge in [-0.1, -0.05) is 39.0 Å². The lowest BCUT2D eigenvalue weighted by Gasteiger charge is -2.05. The summed E-state index contributed by atoms with van der Waals surface area (Å²) in [6.45, 7) is 3.43. The van der Waals surface area contributed by atoms with E-state index < -0.39 is 11.8 Å². The average molecular weight is 243 g/mol. The third kappa shape index (κ3) is 9.81. The number of unbranched alkanes of at least 4 members (excludes halogenated alkanes) is 5. The molecule has 0 aliphatic heterocycles. The second-order valence-electron chi connectivity index (χ2n) is 4.07. The minimum absolute atomic E-state index is 0.337. The maximum Gasteiger partial charge on any atom is 0.309 e. The Morgan fingerprint density at radius 1 is 0.882 bits per heavy atom. The molecule has 4 N–H and O–H groups in total. The van der Waals surface area contributed by atoms with Crippen LogP contribution < -0.4 is 16.4 Å². The SMILES string of the molecule is CCCCCCCCNC(=O)C(=O)NCCN. The Morgan fingerprint density at radius 3 is 2.00 bits per heavy atom. The van der Waals surface area contributed by atoms with E-state index in [0.29, 0.717) is 19.6 Å². The van der Waals surface area contributed by atoms with Gasteiger partial charge in [0.05, 0.1) is 0 Å². The maximum absolute atomic E-state index is 11.2. The van der Waals surface area contributed by atoms with Gasteiger partial charge in [0.2, 0.25) is 0 Å². The normalized spacial score (nSPS) is 10.0. The minimum Gasteiger partial charge on any atom is -0.348 e. The Kier molecular flexibility index (Phi) is 10.7. The van der Waals surface area contributed by atoms with Crippen molar-refractivity contribution in [2.75, 3.05) is 19.6 Å². The number of hydrogen-bond acceptors (Lipinski definition) is 3. The van der Waals surface area contributed by atoms with Gasteiger partial charge in [0.15, 0.2) is 0 Å². The Labute approximate surface area is 104 Å². The predicted octanol–water partition coefficient (Wildman–Crippen LogP) is 0.538. The maximum atomic E-state index is 11.2. The number of amides is 2. The summed E-state index contributed by atoms with van der Waals surface area (Å²) in [7, 11) is 0. The monoisotopic (exact) mass is 243 g/mol. The van der Waals surface area contributed by atoms with Crippen molar-refractivity contribution in [3.63, 3.8) is 0 Å². The van der Waals surface area contributed by atoms with Crippen LogP contribution >= 0.6 is 0 Å². The van der Waals surface area contributed by atoms with Crippen LogP contribution in [0.3, 0.4) is 0 Å². The fraction of sp³-hybridized carbons (Fsp3) is 0.833. The highest BCUT2D eigenvalue weighted by molar-refractivity contribution is 6.35. The molecule has 0 fully saturated rings. The Bertz CT molecular complexity index is 220. The molecule has 0 aromatic heterocycles. The molecule has 0 spiro atoms. The van der Waals surface area contributed by atoms with Gasteiger partial charge in [-0.15, -0.1) is 0 Å². The van der Waals surface area contributed by atoms with E-state index in [0.717, 1.165) is 12.8 Å². The van der Waals surface area contributed by atoms with E-state index in [9.17, 15) is 9.59 Å². The average Bonchev–Trinajstić information content (AvgIpc) is 2.34. The molecule has 0 unspecified atom stereocenters. The zero-order valence-electron chi connectivity index (χ0n) is 10.8. The second kappa shape index (κ2) is 11.4. The van der Waals surface area contributed by atoms with Crippen LogP contribution in [-0.4, -0.2) is 31.4 Å². The van der Waals surface area contributed by atoms with Crippen molar-refractivity contribution in [2.24, 2.45) is 5.73 Å². The fourth-order valence-corrected chi connectivity index (χ4v) is 1.45. The molecule has 0 rings (SSSR count). The number of nitrogens with two attached hydrogens (primary N) is 1. The lowest BCUT2D eigenvalue weighted by Crippen LogP contribution is -2.41.